The first-order valence-electron chi connectivity index (χ1n) is 6.95. The van der Waals surface area contributed by atoms with Crippen LogP contribution in [0.3, 0.4) is 0 Å². The van der Waals surface area contributed by atoms with Crippen LogP contribution in [0.4, 0.5) is 5.69 Å². The van der Waals surface area contributed by atoms with Gasteiger partial charge in [0.15, 0.2) is 5.11 Å². The zero-order valence-corrected chi connectivity index (χ0v) is 13.2. The summed E-state index contributed by atoms with van der Waals surface area (Å²) in [5.41, 5.74) is 2.06. The lowest BCUT2D eigenvalue weighted by atomic mass is 10.0. The van der Waals surface area contributed by atoms with Crippen molar-refractivity contribution in [1.82, 2.24) is 4.90 Å². The van der Waals surface area contributed by atoms with Gasteiger partial charge in [-0.3, -0.25) is 0 Å². The van der Waals surface area contributed by atoms with E-state index < -0.39 is 0 Å². The highest BCUT2D eigenvalue weighted by Gasteiger charge is 2.22. The summed E-state index contributed by atoms with van der Waals surface area (Å²) in [5.74, 6) is 0. The van der Waals surface area contributed by atoms with Crippen LogP contribution in [0.25, 0.3) is 0 Å². The van der Waals surface area contributed by atoms with Gasteiger partial charge in [-0.15, -0.1) is 0 Å². The van der Waals surface area contributed by atoms with Crippen molar-refractivity contribution in [2.24, 2.45) is 0 Å². The number of piperidine rings is 1. The van der Waals surface area contributed by atoms with Gasteiger partial charge < -0.3 is 10.2 Å². The molecule has 1 aliphatic heterocycles. The molecular formula is C15H21ClN2S. The molecule has 0 saturated carbocycles. The molecule has 4 heteroatoms. The summed E-state index contributed by atoms with van der Waals surface area (Å²) in [4.78, 5) is 2.33. The molecule has 104 valence electrons. The Kier molecular flexibility index (Phi) is 5.06. The van der Waals surface area contributed by atoms with E-state index in [1.54, 1.807) is 0 Å². The predicted molar refractivity (Wildman–Crippen MR) is 87.0 cm³/mol. The Bertz CT molecular complexity index is 461. The molecule has 1 heterocycles. The average molecular weight is 297 g/mol. The summed E-state index contributed by atoms with van der Waals surface area (Å²) >= 11 is 11.7. The maximum atomic E-state index is 6.14. The zero-order valence-electron chi connectivity index (χ0n) is 11.6. The van der Waals surface area contributed by atoms with Crippen LogP contribution in [-0.2, 0) is 0 Å². The lowest BCUT2D eigenvalue weighted by Crippen LogP contribution is -2.45. The van der Waals surface area contributed by atoms with Gasteiger partial charge in [0.2, 0.25) is 0 Å². The second kappa shape index (κ2) is 6.58. The minimum Gasteiger partial charge on any atom is -0.346 e. The third-order valence-corrected chi connectivity index (χ3v) is 4.53. The number of nitrogens with one attached hydrogen (secondary N) is 1. The maximum Gasteiger partial charge on any atom is 0.173 e. The number of aryl methyl sites for hydroxylation is 1. The van der Waals surface area contributed by atoms with Gasteiger partial charge in [-0.25, -0.2) is 0 Å². The Morgan fingerprint density at radius 1 is 1.47 bits per heavy atom. The van der Waals surface area contributed by atoms with Crippen molar-refractivity contribution in [2.45, 2.75) is 45.6 Å². The van der Waals surface area contributed by atoms with Crippen LogP contribution in [0, 0.1) is 6.92 Å². The SMILES string of the molecule is CCC1CCCCN1C(=S)Nc1ccc(C)c(Cl)c1. The van der Waals surface area contributed by atoms with Crippen molar-refractivity contribution in [3.8, 4) is 0 Å². The number of anilines is 1. The van der Waals surface area contributed by atoms with E-state index in [0.717, 1.165) is 34.4 Å². The fourth-order valence-corrected chi connectivity index (χ4v) is 3.10. The molecule has 0 aliphatic carbocycles. The van der Waals surface area contributed by atoms with Crippen LogP contribution in [-0.4, -0.2) is 22.6 Å². The number of thiocarbonyl (C=S) groups is 1. The van der Waals surface area contributed by atoms with Crippen LogP contribution < -0.4 is 5.32 Å². The van der Waals surface area contributed by atoms with Gasteiger partial charge >= 0.3 is 0 Å². The Labute approximate surface area is 126 Å². The Morgan fingerprint density at radius 2 is 2.26 bits per heavy atom. The van der Waals surface area contributed by atoms with E-state index in [9.17, 15) is 0 Å². The van der Waals surface area contributed by atoms with E-state index in [-0.39, 0.29) is 0 Å². The number of likely N-dealkylation sites (tertiary alicyclic amines) is 1. The molecule has 0 spiro atoms. The topological polar surface area (TPSA) is 15.3 Å². The molecule has 0 radical (unpaired) electrons. The van der Waals surface area contributed by atoms with Gasteiger partial charge in [0.05, 0.1) is 0 Å². The third kappa shape index (κ3) is 3.61. The highest BCUT2D eigenvalue weighted by atomic mass is 35.5. The van der Waals surface area contributed by atoms with E-state index in [4.69, 9.17) is 23.8 Å². The van der Waals surface area contributed by atoms with E-state index in [1.165, 1.54) is 19.3 Å². The van der Waals surface area contributed by atoms with Crippen molar-refractivity contribution in [2.75, 3.05) is 11.9 Å². The van der Waals surface area contributed by atoms with Crippen molar-refractivity contribution < 1.29 is 0 Å². The van der Waals surface area contributed by atoms with Gasteiger partial charge in [0.25, 0.3) is 0 Å². The summed E-state index contributed by atoms with van der Waals surface area (Å²) in [6.07, 6.45) is 4.93. The quantitative estimate of drug-likeness (QED) is 0.802. The molecule has 0 aromatic heterocycles. The number of nitrogens with zero attached hydrogens (tertiary/aromatic N) is 1. The summed E-state index contributed by atoms with van der Waals surface area (Å²) in [6, 6.07) is 6.56. The highest BCUT2D eigenvalue weighted by molar-refractivity contribution is 7.80. The molecule has 1 fully saturated rings. The first-order chi connectivity index (χ1) is 9.11. The van der Waals surface area contributed by atoms with E-state index in [0.29, 0.717) is 6.04 Å². The van der Waals surface area contributed by atoms with Crippen LogP contribution in [0.5, 0.6) is 0 Å². The summed E-state index contributed by atoms with van der Waals surface area (Å²) in [7, 11) is 0. The first kappa shape index (κ1) is 14.6. The van der Waals surface area contributed by atoms with Crippen LogP contribution in [0.1, 0.15) is 38.2 Å². The normalized spacial score (nSPS) is 19.3. The summed E-state index contributed by atoms with van der Waals surface area (Å²) < 4.78 is 0. The van der Waals surface area contributed by atoms with Gasteiger partial charge in [0.1, 0.15) is 0 Å². The molecule has 1 aliphatic rings. The van der Waals surface area contributed by atoms with Crippen molar-refractivity contribution in [3.05, 3.63) is 28.8 Å². The zero-order chi connectivity index (χ0) is 13.8. The summed E-state index contributed by atoms with van der Waals surface area (Å²) in [6.45, 7) is 5.29. The fourth-order valence-electron chi connectivity index (χ4n) is 2.56. The van der Waals surface area contributed by atoms with Crippen molar-refractivity contribution in [3.63, 3.8) is 0 Å². The van der Waals surface area contributed by atoms with Gasteiger partial charge in [-0.1, -0.05) is 24.6 Å². The number of rotatable bonds is 2. The summed E-state index contributed by atoms with van der Waals surface area (Å²) in [5, 5.41) is 4.92. The standard InChI is InChI=1S/C15H21ClN2S/c1-3-13-6-4-5-9-18(13)15(19)17-12-8-7-11(2)14(16)10-12/h7-8,10,13H,3-6,9H2,1-2H3,(H,17,19). The first-order valence-corrected chi connectivity index (χ1v) is 7.74. The average Bonchev–Trinajstić information content (AvgIpc) is 2.43. The van der Waals surface area contributed by atoms with E-state index in [2.05, 4.69) is 17.1 Å². The van der Waals surface area contributed by atoms with Gasteiger partial charge in [-0.05, 0) is 62.5 Å². The van der Waals surface area contributed by atoms with Crippen LogP contribution >= 0.6 is 23.8 Å². The highest BCUT2D eigenvalue weighted by Crippen LogP contribution is 2.23. The molecule has 0 amide bonds. The Morgan fingerprint density at radius 3 is 2.95 bits per heavy atom. The van der Waals surface area contributed by atoms with Crippen LogP contribution in [0.2, 0.25) is 5.02 Å². The third-order valence-electron chi connectivity index (χ3n) is 3.78. The second-order valence-corrected chi connectivity index (χ2v) is 5.94. The lowest BCUT2D eigenvalue weighted by molar-refractivity contribution is 0.239. The van der Waals surface area contributed by atoms with E-state index in [1.807, 2.05) is 25.1 Å². The second-order valence-electron chi connectivity index (χ2n) is 5.15. The number of benzene rings is 1. The largest absolute Gasteiger partial charge is 0.346 e. The molecule has 2 rings (SSSR count). The Balaban J connectivity index is 2.05. The minimum absolute atomic E-state index is 0.578. The van der Waals surface area contributed by atoms with Gasteiger partial charge in [0, 0.05) is 23.3 Å². The molecule has 1 unspecified atom stereocenters. The molecule has 1 atom stereocenters. The molecule has 0 bridgehead atoms. The molecule has 1 aromatic rings. The molecular weight excluding hydrogens is 276 g/mol. The maximum absolute atomic E-state index is 6.14. The molecule has 2 nitrogen and oxygen atoms in total. The fraction of sp³-hybridized carbons (Fsp3) is 0.533. The molecule has 19 heavy (non-hydrogen) atoms. The smallest absolute Gasteiger partial charge is 0.173 e. The predicted octanol–water partition coefficient (Wildman–Crippen LogP) is 4.61. The van der Waals surface area contributed by atoms with E-state index >= 15 is 0 Å². The molecule has 1 aromatic carbocycles. The molecule has 1 saturated heterocycles. The van der Waals surface area contributed by atoms with Crippen molar-refractivity contribution in [1.29, 1.82) is 0 Å². The molecule has 1 N–H and O–H groups in total. The minimum atomic E-state index is 0.578. The van der Waals surface area contributed by atoms with Crippen LogP contribution in [0.15, 0.2) is 18.2 Å². The number of hydrogen-bond acceptors (Lipinski definition) is 1. The van der Waals surface area contributed by atoms with Crippen molar-refractivity contribution >= 4 is 34.6 Å². The lowest BCUT2D eigenvalue weighted by Gasteiger charge is -2.37. The Hall–Kier alpha value is -0.800. The van der Waals surface area contributed by atoms with Gasteiger partial charge in [-0.2, -0.15) is 0 Å². The monoisotopic (exact) mass is 296 g/mol. The number of hydrogen-bond donors (Lipinski definition) is 1. The number of halogens is 1.